The van der Waals surface area contributed by atoms with Gasteiger partial charge in [-0.3, -0.25) is 19.7 Å². The molecule has 2 amide bonds. The first-order valence-corrected chi connectivity index (χ1v) is 13.7. The SMILES string of the molecule is Cc1ccc(S(=O)(=O)N[C@@H](Cc2ccc3c(c2)NC(=O)C(CC(=O)Nc2nc4ccccc4[nH]2)O3)C(=O)O)cc1. The normalized spacial score (nSPS) is 15.5. The minimum atomic E-state index is -4.09. The highest BCUT2D eigenvalue weighted by molar-refractivity contribution is 7.89. The number of carboxylic acid groups (broad SMARTS) is 1. The molecule has 3 aromatic carbocycles. The Balaban J connectivity index is 1.24. The van der Waals surface area contributed by atoms with E-state index in [0.717, 1.165) is 11.1 Å². The van der Waals surface area contributed by atoms with Gasteiger partial charge in [-0.05, 0) is 55.3 Å². The predicted octanol–water partition coefficient (Wildman–Crippen LogP) is 2.57. The van der Waals surface area contributed by atoms with Gasteiger partial charge < -0.3 is 20.1 Å². The second kappa shape index (κ2) is 10.8. The van der Waals surface area contributed by atoms with Crippen LogP contribution in [0.25, 0.3) is 11.0 Å². The number of aliphatic carboxylic acids is 1. The van der Waals surface area contributed by atoms with E-state index in [1.165, 1.54) is 24.3 Å². The highest BCUT2D eigenvalue weighted by Gasteiger charge is 2.31. The van der Waals surface area contributed by atoms with Crippen LogP contribution in [0.3, 0.4) is 0 Å². The van der Waals surface area contributed by atoms with Gasteiger partial charge >= 0.3 is 5.97 Å². The molecule has 0 bridgehead atoms. The molecule has 13 heteroatoms. The Labute approximate surface area is 228 Å². The van der Waals surface area contributed by atoms with E-state index in [1.807, 2.05) is 25.1 Å². The molecule has 0 aliphatic carbocycles. The number of benzene rings is 3. The van der Waals surface area contributed by atoms with Gasteiger partial charge in [-0.1, -0.05) is 35.9 Å². The molecule has 0 radical (unpaired) electrons. The molecule has 206 valence electrons. The number of rotatable bonds is 9. The van der Waals surface area contributed by atoms with Gasteiger partial charge in [-0.2, -0.15) is 4.72 Å². The number of ether oxygens (including phenoxy) is 1. The largest absolute Gasteiger partial charge is 0.480 e. The van der Waals surface area contributed by atoms with Crippen LogP contribution in [0, 0.1) is 6.92 Å². The Kier molecular flexibility index (Phi) is 7.24. The van der Waals surface area contributed by atoms with Gasteiger partial charge in [-0.15, -0.1) is 0 Å². The standard InChI is InChI=1S/C27H25N5O7S/c1-15-6-9-17(10-7-15)40(37,38)32-21(26(35)36)13-16-8-11-22-20(12-16)28-25(34)23(39-22)14-24(33)31-27-29-18-4-2-3-5-19(18)30-27/h2-12,21,23,32H,13-14H2,1H3,(H,28,34)(H,35,36)(H2,29,30,31,33)/t21-,23?/m0/s1. The third-order valence-electron chi connectivity index (χ3n) is 6.25. The number of nitrogens with one attached hydrogen (secondary N) is 4. The fraction of sp³-hybridized carbons (Fsp3) is 0.185. The molecule has 4 aromatic rings. The van der Waals surface area contributed by atoms with E-state index >= 15 is 0 Å². The van der Waals surface area contributed by atoms with Crippen LogP contribution < -0.4 is 20.1 Å². The van der Waals surface area contributed by atoms with Crippen LogP contribution in [-0.4, -0.2) is 53.4 Å². The zero-order valence-electron chi connectivity index (χ0n) is 21.2. The molecular formula is C27H25N5O7S. The van der Waals surface area contributed by atoms with E-state index in [9.17, 15) is 27.9 Å². The van der Waals surface area contributed by atoms with Gasteiger partial charge in [-0.25, -0.2) is 13.4 Å². The predicted molar refractivity (Wildman–Crippen MR) is 145 cm³/mol. The highest BCUT2D eigenvalue weighted by atomic mass is 32.2. The van der Waals surface area contributed by atoms with Gasteiger partial charge in [0.2, 0.25) is 21.9 Å². The monoisotopic (exact) mass is 563 g/mol. The summed E-state index contributed by atoms with van der Waals surface area (Å²) in [4.78, 5) is 44.3. The topological polar surface area (TPSA) is 180 Å². The van der Waals surface area contributed by atoms with E-state index < -0.39 is 40.0 Å². The Morgan fingerprint density at radius 2 is 1.85 bits per heavy atom. The number of hydrogen-bond donors (Lipinski definition) is 5. The van der Waals surface area contributed by atoms with Crippen molar-refractivity contribution in [2.45, 2.75) is 36.8 Å². The first-order valence-electron chi connectivity index (χ1n) is 12.2. The minimum absolute atomic E-state index is 0.0501. The van der Waals surface area contributed by atoms with E-state index in [4.69, 9.17) is 4.74 Å². The molecule has 0 saturated heterocycles. The van der Waals surface area contributed by atoms with Crippen LogP contribution >= 0.6 is 0 Å². The Morgan fingerprint density at radius 1 is 1.10 bits per heavy atom. The highest BCUT2D eigenvalue weighted by Crippen LogP contribution is 2.32. The fourth-order valence-corrected chi connectivity index (χ4v) is 5.40. The Hall–Kier alpha value is -4.75. The molecule has 0 fully saturated rings. The Morgan fingerprint density at radius 3 is 2.58 bits per heavy atom. The molecule has 2 atom stereocenters. The van der Waals surface area contributed by atoms with Crippen molar-refractivity contribution in [2.24, 2.45) is 0 Å². The number of carboxylic acids is 1. The number of sulfonamides is 1. The number of anilines is 2. The average Bonchev–Trinajstić information content (AvgIpc) is 3.31. The lowest BCUT2D eigenvalue weighted by Crippen LogP contribution is -2.42. The van der Waals surface area contributed by atoms with Gasteiger partial charge in [0.15, 0.2) is 6.10 Å². The van der Waals surface area contributed by atoms with Gasteiger partial charge in [0, 0.05) is 0 Å². The summed E-state index contributed by atoms with van der Waals surface area (Å²) in [6.45, 7) is 1.81. The van der Waals surface area contributed by atoms with Crippen molar-refractivity contribution in [1.29, 1.82) is 0 Å². The summed E-state index contributed by atoms with van der Waals surface area (Å²) in [5.74, 6) is -1.86. The number of carbonyl (C=O) groups excluding carboxylic acids is 2. The van der Waals surface area contributed by atoms with Gasteiger partial charge in [0.1, 0.15) is 11.8 Å². The van der Waals surface area contributed by atoms with E-state index in [2.05, 4.69) is 25.3 Å². The number of aromatic amines is 1. The number of aromatic nitrogens is 2. The third kappa shape index (κ3) is 5.95. The van der Waals surface area contributed by atoms with Crippen LogP contribution in [0.4, 0.5) is 11.6 Å². The molecule has 1 unspecified atom stereocenters. The second-order valence-electron chi connectivity index (χ2n) is 9.31. The van der Waals surface area contributed by atoms with E-state index in [1.54, 1.807) is 24.3 Å². The summed E-state index contributed by atoms with van der Waals surface area (Å²) in [5.41, 5.74) is 3.02. The van der Waals surface area contributed by atoms with Crippen LogP contribution in [0.15, 0.2) is 71.6 Å². The number of H-pyrrole nitrogens is 1. The molecule has 12 nitrogen and oxygen atoms in total. The van der Waals surface area contributed by atoms with Crippen LogP contribution in [0.1, 0.15) is 17.5 Å². The maximum Gasteiger partial charge on any atom is 0.322 e. The number of fused-ring (bicyclic) bond motifs is 2. The number of aryl methyl sites for hydroxylation is 1. The molecule has 0 spiro atoms. The second-order valence-corrected chi connectivity index (χ2v) is 11.0. The zero-order valence-corrected chi connectivity index (χ0v) is 22.0. The average molecular weight is 564 g/mol. The van der Waals surface area contributed by atoms with Crippen molar-refractivity contribution >= 4 is 50.5 Å². The molecule has 0 saturated carbocycles. The maximum absolute atomic E-state index is 12.7. The molecule has 2 heterocycles. The summed E-state index contributed by atoms with van der Waals surface area (Å²) in [6.07, 6.45) is -1.56. The van der Waals surface area contributed by atoms with E-state index in [0.29, 0.717) is 11.1 Å². The molecule has 40 heavy (non-hydrogen) atoms. The summed E-state index contributed by atoms with van der Waals surface area (Å²) >= 11 is 0. The quantitative estimate of drug-likeness (QED) is 0.206. The number of carbonyl (C=O) groups is 3. The lowest BCUT2D eigenvalue weighted by molar-refractivity contribution is -0.139. The van der Waals surface area contributed by atoms with Crippen molar-refractivity contribution in [3.05, 3.63) is 77.9 Å². The lowest BCUT2D eigenvalue weighted by Gasteiger charge is -2.26. The smallest absolute Gasteiger partial charge is 0.322 e. The van der Waals surface area contributed by atoms with Crippen molar-refractivity contribution < 1.29 is 32.6 Å². The third-order valence-corrected chi connectivity index (χ3v) is 7.74. The number of nitrogens with zero attached hydrogens (tertiary/aromatic N) is 1. The van der Waals surface area contributed by atoms with Crippen molar-refractivity contribution in [1.82, 2.24) is 14.7 Å². The summed E-state index contributed by atoms with van der Waals surface area (Å²) < 4.78 is 33.4. The fourth-order valence-electron chi connectivity index (χ4n) is 4.21. The van der Waals surface area contributed by atoms with Crippen molar-refractivity contribution in [3.63, 3.8) is 0 Å². The number of amides is 2. The van der Waals surface area contributed by atoms with E-state index in [-0.39, 0.29) is 35.1 Å². The molecule has 5 rings (SSSR count). The molecular weight excluding hydrogens is 538 g/mol. The summed E-state index contributed by atoms with van der Waals surface area (Å²) in [5, 5.41) is 15.0. The van der Waals surface area contributed by atoms with Gasteiger partial charge in [0.05, 0.1) is 28.0 Å². The summed E-state index contributed by atoms with van der Waals surface area (Å²) in [6, 6.07) is 16.4. The van der Waals surface area contributed by atoms with Crippen molar-refractivity contribution in [2.75, 3.05) is 10.6 Å². The molecule has 1 aliphatic rings. The van der Waals surface area contributed by atoms with Crippen LogP contribution in [-0.2, 0) is 30.8 Å². The first kappa shape index (κ1) is 26.8. The van der Waals surface area contributed by atoms with Crippen LogP contribution in [0.5, 0.6) is 5.75 Å². The lowest BCUT2D eigenvalue weighted by atomic mass is 10.0. The molecule has 1 aliphatic heterocycles. The minimum Gasteiger partial charge on any atom is -0.480 e. The number of hydrogen-bond acceptors (Lipinski definition) is 7. The summed E-state index contributed by atoms with van der Waals surface area (Å²) in [7, 11) is -4.09. The number of imidazole rings is 1. The maximum atomic E-state index is 12.7. The van der Waals surface area contributed by atoms with Crippen molar-refractivity contribution in [3.8, 4) is 5.75 Å². The van der Waals surface area contributed by atoms with Crippen LogP contribution in [0.2, 0.25) is 0 Å². The Bertz CT molecular complexity index is 1680. The molecule has 5 N–H and O–H groups in total. The zero-order chi connectivity index (χ0) is 28.4. The first-order chi connectivity index (χ1) is 19.1. The van der Waals surface area contributed by atoms with Gasteiger partial charge in [0.25, 0.3) is 5.91 Å². The molecule has 1 aromatic heterocycles. The number of para-hydroxylation sites is 2.